The van der Waals surface area contributed by atoms with Crippen molar-refractivity contribution in [3.63, 3.8) is 0 Å². The van der Waals surface area contributed by atoms with Crippen molar-refractivity contribution in [1.82, 2.24) is 5.32 Å². The third-order valence-corrected chi connectivity index (χ3v) is 4.42. The van der Waals surface area contributed by atoms with Crippen molar-refractivity contribution < 1.29 is 4.74 Å². The normalized spacial score (nSPS) is 17.9. The summed E-state index contributed by atoms with van der Waals surface area (Å²) in [6.45, 7) is 4.46. The molecule has 0 aromatic heterocycles. The first-order valence-electron chi connectivity index (χ1n) is 7.52. The first-order chi connectivity index (χ1) is 9.17. The number of hydrogen-bond acceptors (Lipinski definition) is 2. The van der Waals surface area contributed by atoms with Crippen LogP contribution in [0, 0.1) is 5.92 Å². The van der Waals surface area contributed by atoms with Gasteiger partial charge in [-0.25, -0.2) is 0 Å². The van der Waals surface area contributed by atoms with Crippen LogP contribution in [0.25, 0.3) is 0 Å². The smallest absolute Gasteiger partial charge is 0.122 e. The maximum Gasteiger partial charge on any atom is 0.122 e. The van der Waals surface area contributed by atoms with Crippen molar-refractivity contribution in [2.75, 3.05) is 14.2 Å². The van der Waals surface area contributed by atoms with E-state index in [1.807, 2.05) is 0 Å². The molecule has 1 aromatic carbocycles. The topological polar surface area (TPSA) is 21.3 Å². The van der Waals surface area contributed by atoms with Gasteiger partial charge in [0, 0.05) is 6.04 Å². The average Bonchev–Trinajstić information content (AvgIpc) is 2.93. The lowest BCUT2D eigenvalue weighted by Gasteiger charge is -2.25. The van der Waals surface area contributed by atoms with E-state index in [-0.39, 0.29) is 0 Å². The predicted molar refractivity (Wildman–Crippen MR) is 80.8 cm³/mol. The molecule has 0 heterocycles. The molecular formula is C17H27NO. The van der Waals surface area contributed by atoms with Gasteiger partial charge in [-0.05, 0) is 48.9 Å². The fourth-order valence-corrected chi connectivity index (χ4v) is 3.36. The van der Waals surface area contributed by atoms with Crippen LogP contribution in [0.3, 0.4) is 0 Å². The Morgan fingerprint density at radius 1 is 1.21 bits per heavy atom. The van der Waals surface area contributed by atoms with Crippen LogP contribution < -0.4 is 10.1 Å². The maximum atomic E-state index is 5.48. The van der Waals surface area contributed by atoms with Crippen molar-refractivity contribution in [2.45, 2.75) is 51.5 Å². The van der Waals surface area contributed by atoms with Gasteiger partial charge in [0.25, 0.3) is 0 Å². The Balaban J connectivity index is 2.29. The van der Waals surface area contributed by atoms with Crippen LogP contribution in [-0.4, -0.2) is 14.2 Å². The summed E-state index contributed by atoms with van der Waals surface area (Å²) < 4.78 is 5.48. The molecule has 2 nitrogen and oxygen atoms in total. The SMILES string of the molecule is CNC(c1ccc(OC)c(C(C)C)c1)C1CCCC1. The molecule has 1 atom stereocenters. The van der Waals surface area contributed by atoms with Gasteiger partial charge in [0.2, 0.25) is 0 Å². The summed E-state index contributed by atoms with van der Waals surface area (Å²) >= 11 is 0. The lowest BCUT2D eigenvalue weighted by atomic mass is 9.89. The minimum atomic E-state index is 0.492. The van der Waals surface area contributed by atoms with Gasteiger partial charge in [-0.15, -0.1) is 0 Å². The van der Waals surface area contributed by atoms with Crippen molar-refractivity contribution in [3.05, 3.63) is 29.3 Å². The highest BCUT2D eigenvalue weighted by Gasteiger charge is 2.25. The largest absolute Gasteiger partial charge is 0.496 e. The second-order valence-electron chi connectivity index (χ2n) is 5.97. The molecule has 2 rings (SSSR count). The Labute approximate surface area is 117 Å². The van der Waals surface area contributed by atoms with Crippen LogP contribution in [0.1, 0.15) is 62.6 Å². The van der Waals surface area contributed by atoms with E-state index in [1.54, 1.807) is 7.11 Å². The molecule has 0 radical (unpaired) electrons. The summed E-state index contributed by atoms with van der Waals surface area (Å²) in [5.41, 5.74) is 2.73. The molecule has 1 unspecified atom stereocenters. The van der Waals surface area contributed by atoms with Crippen molar-refractivity contribution in [1.29, 1.82) is 0 Å². The summed E-state index contributed by atoms with van der Waals surface area (Å²) in [5.74, 6) is 2.30. The van der Waals surface area contributed by atoms with E-state index < -0.39 is 0 Å². The van der Waals surface area contributed by atoms with Gasteiger partial charge in [0.1, 0.15) is 5.75 Å². The summed E-state index contributed by atoms with van der Waals surface area (Å²) in [5, 5.41) is 3.52. The highest BCUT2D eigenvalue weighted by atomic mass is 16.5. The van der Waals surface area contributed by atoms with Gasteiger partial charge in [0.15, 0.2) is 0 Å². The fourth-order valence-electron chi connectivity index (χ4n) is 3.36. The summed E-state index contributed by atoms with van der Waals surface area (Å²) in [6.07, 6.45) is 5.48. The van der Waals surface area contributed by atoms with Crippen molar-refractivity contribution in [3.8, 4) is 5.75 Å². The van der Waals surface area contributed by atoms with Gasteiger partial charge in [-0.2, -0.15) is 0 Å². The monoisotopic (exact) mass is 261 g/mol. The highest BCUT2D eigenvalue weighted by molar-refractivity contribution is 5.40. The van der Waals surface area contributed by atoms with Crippen LogP contribution in [0.15, 0.2) is 18.2 Å². The van der Waals surface area contributed by atoms with E-state index in [0.29, 0.717) is 12.0 Å². The molecule has 19 heavy (non-hydrogen) atoms. The predicted octanol–water partition coefficient (Wildman–Crippen LogP) is 4.27. The number of nitrogens with one attached hydrogen (secondary N) is 1. The molecule has 1 aromatic rings. The minimum absolute atomic E-state index is 0.492. The molecular weight excluding hydrogens is 234 g/mol. The van der Waals surface area contributed by atoms with Gasteiger partial charge in [-0.1, -0.05) is 38.8 Å². The van der Waals surface area contributed by atoms with Crippen LogP contribution >= 0.6 is 0 Å². The molecule has 1 aliphatic rings. The molecule has 2 heteroatoms. The Morgan fingerprint density at radius 2 is 1.89 bits per heavy atom. The Hall–Kier alpha value is -1.02. The highest BCUT2D eigenvalue weighted by Crippen LogP contribution is 2.37. The van der Waals surface area contributed by atoms with E-state index in [4.69, 9.17) is 4.74 Å². The summed E-state index contributed by atoms with van der Waals surface area (Å²) in [4.78, 5) is 0. The third-order valence-electron chi connectivity index (χ3n) is 4.42. The number of benzene rings is 1. The first-order valence-corrected chi connectivity index (χ1v) is 7.52. The molecule has 0 spiro atoms. The molecule has 0 bridgehead atoms. The van der Waals surface area contributed by atoms with E-state index >= 15 is 0 Å². The zero-order valence-electron chi connectivity index (χ0n) is 12.7. The van der Waals surface area contributed by atoms with E-state index in [2.05, 4.69) is 44.4 Å². The second kappa shape index (κ2) is 6.42. The van der Waals surface area contributed by atoms with E-state index in [9.17, 15) is 0 Å². The van der Waals surface area contributed by atoms with Gasteiger partial charge < -0.3 is 10.1 Å². The second-order valence-corrected chi connectivity index (χ2v) is 5.97. The first kappa shape index (κ1) is 14.4. The molecule has 1 saturated carbocycles. The Bertz CT molecular complexity index is 408. The molecule has 0 saturated heterocycles. The number of rotatable bonds is 5. The van der Waals surface area contributed by atoms with Crippen LogP contribution in [0.2, 0.25) is 0 Å². The Morgan fingerprint density at radius 3 is 2.42 bits per heavy atom. The number of methoxy groups -OCH3 is 1. The van der Waals surface area contributed by atoms with Gasteiger partial charge >= 0.3 is 0 Å². The van der Waals surface area contributed by atoms with Crippen LogP contribution in [0.4, 0.5) is 0 Å². The molecule has 1 fully saturated rings. The molecule has 0 amide bonds. The third kappa shape index (κ3) is 3.11. The number of hydrogen-bond donors (Lipinski definition) is 1. The molecule has 106 valence electrons. The fraction of sp³-hybridized carbons (Fsp3) is 0.647. The average molecular weight is 261 g/mol. The minimum Gasteiger partial charge on any atom is -0.496 e. The zero-order valence-corrected chi connectivity index (χ0v) is 12.7. The molecule has 0 aliphatic heterocycles. The number of ether oxygens (including phenoxy) is 1. The van der Waals surface area contributed by atoms with Gasteiger partial charge in [0.05, 0.1) is 7.11 Å². The standard InChI is InChI=1S/C17H27NO/c1-12(2)15-11-14(9-10-16(15)19-4)17(18-3)13-7-5-6-8-13/h9-13,17-18H,5-8H2,1-4H3. The lowest BCUT2D eigenvalue weighted by molar-refractivity contribution is 0.386. The van der Waals surface area contributed by atoms with E-state index in [1.165, 1.54) is 36.8 Å². The van der Waals surface area contributed by atoms with Gasteiger partial charge in [-0.3, -0.25) is 0 Å². The molecule has 1 N–H and O–H groups in total. The van der Waals surface area contributed by atoms with E-state index in [0.717, 1.165) is 11.7 Å². The van der Waals surface area contributed by atoms with Crippen LogP contribution in [-0.2, 0) is 0 Å². The lowest BCUT2D eigenvalue weighted by Crippen LogP contribution is -2.23. The van der Waals surface area contributed by atoms with Crippen LogP contribution in [0.5, 0.6) is 5.75 Å². The summed E-state index contributed by atoms with van der Waals surface area (Å²) in [6, 6.07) is 7.18. The zero-order chi connectivity index (χ0) is 13.8. The molecule has 1 aliphatic carbocycles. The summed E-state index contributed by atoms with van der Waals surface area (Å²) in [7, 11) is 3.84. The quantitative estimate of drug-likeness (QED) is 0.854. The van der Waals surface area contributed by atoms with Crippen molar-refractivity contribution >= 4 is 0 Å². The van der Waals surface area contributed by atoms with Crippen molar-refractivity contribution in [2.24, 2.45) is 5.92 Å². The maximum absolute atomic E-state index is 5.48. The Kier molecular flexibility index (Phi) is 4.87.